The van der Waals surface area contributed by atoms with Crippen molar-refractivity contribution in [3.8, 4) is 5.75 Å². The summed E-state index contributed by atoms with van der Waals surface area (Å²) in [7, 11) is 1.61. The number of carbonyl (C=O) groups excluding carboxylic acids is 1. The molecule has 1 aromatic heterocycles. The third-order valence-corrected chi connectivity index (χ3v) is 5.95. The SMILES string of the molecule is COc1cc(N2CCOCC2)ccc1Nc1ncc(/C(C)=N\O)c(Nc2ccccc2NC(=O)OC(C)(C)C)n1. The fourth-order valence-electron chi connectivity index (χ4n) is 4.02. The fourth-order valence-corrected chi connectivity index (χ4v) is 4.02. The number of hydrogen-bond acceptors (Lipinski definition) is 11. The molecule has 0 bridgehead atoms. The molecular weight excluding hydrogens is 514 g/mol. The molecule has 3 aromatic rings. The summed E-state index contributed by atoms with van der Waals surface area (Å²) in [6, 6.07) is 13.0. The minimum Gasteiger partial charge on any atom is -0.494 e. The number of amides is 1. The molecule has 1 aliphatic heterocycles. The second-order valence-corrected chi connectivity index (χ2v) is 10.0. The van der Waals surface area contributed by atoms with E-state index in [0.717, 1.165) is 18.8 Å². The number of nitrogens with one attached hydrogen (secondary N) is 3. The summed E-state index contributed by atoms with van der Waals surface area (Å²) >= 11 is 0. The molecule has 0 atom stereocenters. The zero-order chi connectivity index (χ0) is 28.7. The molecule has 0 aliphatic carbocycles. The highest BCUT2D eigenvalue weighted by Crippen LogP contribution is 2.33. The van der Waals surface area contributed by atoms with Gasteiger partial charge in [0.05, 0.1) is 48.7 Å². The van der Waals surface area contributed by atoms with Crippen LogP contribution in [0.15, 0.2) is 53.8 Å². The minimum atomic E-state index is -0.650. The molecule has 4 N–H and O–H groups in total. The smallest absolute Gasteiger partial charge is 0.412 e. The number of anilines is 6. The average molecular weight is 550 g/mol. The van der Waals surface area contributed by atoms with Gasteiger partial charge < -0.3 is 35.0 Å². The van der Waals surface area contributed by atoms with Crippen molar-refractivity contribution < 1.29 is 24.2 Å². The standard InChI is InChI=1S/C28H35N7O5/c1-18(34-37)20-17-29-26(31-23-11-10-19(16-24(23)38-5)35-12-14-39-15-13-35)33-25(20)30-21-8-6-7-9-22(21)32-27(36)40-28(2,3)4/h6-11,16-17,37H,12-15H2,1-5H3,(H,32,36)(H2,29,30,31,33)/b34-18-. The zero-order valence-electron chi connectivity index (χ0n) is 23.3. The minimum absolute atomic E-state index is 0.284. The summed E-state index contributed by atoms with van der Waals surface area (Å²) in [5, 5.41) is 22.0. The zero-order valence-corrected chi connectivity index (χ0v) is 23.3. The molecule has 1 amide bonds. The van der Waals surface area contributed by atoms with Crippen LogP contribution in [0.4, 0.5) is 39.3 Å². The predicted molar refractivity (Wildman–Crippen MR) is 155 cm³/mol. The van der Waals surface area contributed by atoms with Crippen molar-refractivity contribution >= 4 is 46.3 Å². The van der Waals surface area contributed by atoms with Crippen molar-refractivity contribution in [2.45, 2.75) is 33.3 Å². The third-order valence-electron chi connectivity index (χ3n) is 5.95. The highest BCUT2D eigenvalue weighted by molar-refractivity contribution is 6.03. The molecule has 0 spiro atoms. The Morgan fingerprint density at radius 1 is 1.07 bits per heavy atom. The first-order valence-corrected chi connectivity index (χ1v) is 12.9. The number of hydrogen-bond donors (Lipinski definition) is 4. The van der Waals surface area contributed by atoms with E-state index in [-0.39, 0.29) is 5.95 Å². The number of oxime groups is 1. The van der Waals surface area contributed by atoms with Gasteiger partial charge >= 0.3 is 6.09 Å². The Labute approximate surface area is 233 Å². The molecule has 1 aliphatic rings. The van der Waals surface area contributed by atoms with Crippen molar-refractivity contribution in [3.63, 3.8) is 0 Å². The second-order valence-electron chi connectivity index (χ2n) is 10.0. The molecular formula is C28H35N7O5. The lowest BCUT2D eigenvalue weighted by Crippen LogP contribution is -2.36. The van der Waals surface area contributed by atoms with Crippen LogP contribution in [-0.4, -0.2) is 66.0 Å². The van der Waals surface area contributed by atoms with Gasteiger partial charge in [-0.1, -0.05) is 17.3 Å². The summed E-state index contributed by atoms with van der Waals surface area (Å²) < 4.78 is 16.5. The fraction of sp³-hybridized carbons (Fsp3) is 0.357. The summed E-state index contributed by atoms with van der Waals surface area (Å²) in [6.45, 7) is 10.0. The molecule has 1 fully saturated rings. The quantitative estimate of drug-likeness (QED) is 0.165. The molecule has 12 nitrogen and oxygen atoms in total. The van der Waals surface area contributed by atoms with E-state index >= 15 is 0 Å². The van der Waals surface area contributed by atoms with Gasteiger partial charge in [-0.05, 0) is 52.0 Å². The molecule has 4 rings (SSSR count). The molecule has 0 unspecified atom stereocenters. The second kappa shape index (κ2) is 12.5. The van der Waals surface area contributed by atoms with Gasteiger partial charge in [0.15, 0.2) is 0 Å². The van der Waals surface area contributed by atoms with Gasteiger partial charge in [0.25, 0.3) is 0 Å². The number of benzene rings is 2. The largest absolute Gasteiger partial charge is 0.494 e. The number of ether oxygens (including phenoxy) is 3. The van der Waals surface area contributed by atoms with Crippen molar-refractivity contribution in [3.05, 3.63) is 54.2 Å². The van der Waals surface area contributed by atoms with E-state index in [2.05, 4.69) is 36.0 Å². The predicted octanol–water partition coefficient (Wildman–Crippen LogP) is 5.35. The van der Waals surface area contributed by atoms with Gasteiger partial charge in [0.2, 0.25) is 5.95 Å². The Bertz CT molecular complexity index is 1370. The monoisotopic (exact) mass is 549 g/mol. The van der Waals surface area contributed by atoms with Crippen molar-refractivity contribution in [2.75, 3.05) is 54.3 Å². The van der Waals surface area contributed by atoms with E-state index in [1.165, 1.54) is 0 Å². The van der Waals surface area contributed by atoms with Crippen LogP contribution in [0.25, 0.3) is 0 Å². The van der Waals surface area contributed by atoms with Gasteiger partial charge in [-0.3, -0.25) is 5.32 Å². The first kappa shape index (κ1) is 28.4. The molecule has 212 valence electrons. The summed E-state index contributed by atoms with van der Waals surface area (Å²) in [5.74, 6) is 1.27. The van der Waals surface area contributed by atoms with Crippen LogP contribution in [0.3, 0.4) is 0 Å². The maximum Gasteiger partial charge on any atom is 0.412 e. The first-order valence-electron chi connectivity index (χ1n) is 12.9. The number of aromatic nitrogens is 2. The van der Waals surface area contributed by atoms with E-state index in [1.54, 1.807) is 59.2 Å². The van der Waals surface area contributed by atoms with Gasteiger partial charge in [0.1, 0.15) is 17.2 Å². The van der Waals surface area contributed by atoms with Crippen LogP contribution in [0, 0.1) is 0 Å². The van der Waals surface area contributed by atoms with Crippen molar-refractivity contribution in [2.24, 2.45) is 5.16 Å². The van der Waals surface area contributed by atoms with Gasteiger partial charge in [0, 0.05) is 31.0 Å². The number of para-hydroxylation sites is 2. The molecule has 1 saturated heterocycles. The lowest BCUT2D eigenvalue weighted by molar-refractivity contribution is 0.0636. The number of nitrogens with zero attached hydrogens (tertiary/aromatic N) is 4. The average Bonchev–Trinajstić information content (AvgIpc) is 2.93. The lowest BCUT2D eigenvalue weighted by Gasteiger charge is -2.29. The number of methoxy groups -OCH3 is 1. The Morgan fingerprint density at radius 2 is 1.80 bits per heavy atom. The van der Waals surface area contributed by atoms with E-state index in [0.29, 0.717) is 53.1 Å². The Balaban J connectivity index is 1.61. The topological polar surface area (TPSA) is 142 Å². The van der Waals surface area contributed by atoms with Crippen LogP contribution in [0.1, 0.15) is 33.3 Å². The summed E-state index contributed by atoms with van der Waals surface area (Å²) in [6.07, 6.45) is 0.957. The lowest BCUT2D eigenvalue weighted by atomic mass is 10.2. The van der Waals surface area contributed by atoms with Gasteiger partial charge in [-0.2, -0.15) is 4.98 Å². The molecule has 2 heterocycles. The Hall–Kier alpha value is -4.58. The number of rotatable bonds is 8. The number of morpholine rings is 1. The highest BCUT2D eigenvalue weighted by Gasteiger charge is 2.19. The van der Waals surface area contributed by atoms with Gasteiger partial charge in [-0.15, -0.1) is 0 Å². The van der Waals surface area contributed by atoms with Crippen LogP contribution >= 0.6 is 0 Å². The van der Waals surface area contributed by atoms with Crippen molar-refractivity contribution in [1.82, 2.24) is 9.97 Å². The van der Waals surface area contributed by atoms with Crippen LogP contribution < -0.4 is 25.6 Å². The van der Waals surface area contributed by atoms with Crippen molar-refractivity contribution in [1.29, 1.82) is 0 Å². The van der Waals surface area contributed by atoms with E-state index in [9.17, 15) is 10.0 Å². The Kier molecular flexibility index (Phi) is 8.90. The Morgan fingerprint density at radius 3 is 2.48 bits per heavy atom. The van der Waals surface area contributed by atoms with E-state index in [4.69, 9.17) is 14.2 Å². The molecule has 0 radical (unpaired) electrons. The first-order chi connectivity index (χ1) is 19.2. The highest BCUT2D eigenvalue weighted by atomic mass is 16.6. The van der Waals surface area contributed by atoms with Crippen LogP contribution in [0.5, 0.6) is 5.75 Å². The molecule has 0 saturated carbocycles. The molecule has 2 aromatic carbocycles. The molecule has 12 heteroatoms. The van der Waals surface area contributed by atoms with Gasteiger partial charge in [-0.25, -0.2) is 9.78 Å². The van der Waals surface area contributed by atoms with Crippen LogP contribution in [-0.2, 0) is 9.47 Å². The van der Waals surface area contributed by atoms with E-state index in [1.807, 2.05) is 24.3 Å². The van der Waals surface area contributed by atoms with Crippen LogP contribution in [0.2, 0.25) is 0 Å². The number of carbonyl (C=O) groups is 1. The molecule has 40 heavy (non-hydrogen) atoms. The normalized spacial score (nSPS) is 13.9. The van der Waals surface area contributed by atoms with E-state index < -0.39 is 11.7 Å². The summed E-state index contributed by atoms with van der Waals surface area (Å²) in [4.78, 5) is 23.7. The maximum atomic E-state index is 12.4. The summed E-state index contributed by atoms with van der Waals surface area (Å²) in [5.41, 5.74) is 2.87. The maximum absolute atomic E-state index is 12.4. The third kappa shape index (κ3) is 7.29.